The summed E-state index contributed by atoms with van der Waals surface area (Å²) in [5.41, 5.74) is -1.03. The Morgan fingerprint density at radius 3 is 2.48 bits per heavy atom. The third-order valence-corrected chi connectivity index (χ3v) is 3.28. The van der Waals surface area contributed by atoms with Gasteiger partial charge in [0.2, 0.25) is 0 Å². The van der Waals surface area contributed by atoms with E-state index in [1.54, 1.807) is 0 Å². The van der Waals surface area contributed by atoms with Crippen LogP contribution in [0.3, 0.4) is 0 Å². The fourth-order valence-electron chi connectivity index (χ4n) is 1.99. The summed E-state index contributed by atoms with van der Waals surface area (Å²) in [6.45, 7) is 0. The van der Waals surface area contributed by atoms with Crippen molar-refractivity contribution >= 4 is 22.4 Å². The predicted octanol–water partition coefficient (Wildman–Crippen LogP) is 3.46. The van der Waals surface area contributed by atoms with Crippen molar-refractivity contribution in [2.75, 3.05) is 0 Å². The molecule has 0 N–H and O–H groups in total. The third-order valence-electron chi connectivity index (χ3n) is 2.98. The van der Waals surface area contributed by atoms with Crippen LogP contribution in [0, 0.1) is 17.5 Å². The minimum atomic E-state index is -1.17. The molecule has 21 heavy (non-hydrogen) atoms. The summed E-state index contributed by atoms with van der Waals surface area (Å²) in [6, 6.07) is 5.49. The number of rotatable bonds is 1. The number of hydrogen-bond donors (Lipinski definition) is 0. The molecule has 3 aromatic rings. The average molecular weight is 311 g/mol. The fourth-order valence-corrected chi connectivity index (χ4v) is 2.23. The lowest BCUT2D eigenvalue weighted by Crippen LogP contribution is -2.22. The van der Waals surface area contributed by atoms with Crippen LogP contribution in [0.4, 0.5) is 13.2 Å². The maximum absolute atomic E-state index is 13.8. The highest BCUT2D eigenvalue weighted by Gasteiger charge is 2.15. The van der Waals surface area contributed by atoms with Gasteiger partial charge in [0.05, 0.1) is 16.6 Å². The third kappa shape index (κ3) is 2.17. The van der Waals surface area contributed by atoms with Crippen molar-refractivity contribution in [3.8, 4) is 5.69 Å². The molecule has 0 bridgehead atoms. The summed E-state index contributed by atoms with van der Waals surface area (Å²) in [6.07, 6.45) is 1.14. The fraction of sp³-hybridized carbons (Fsp3) is 0. The molecular formula is C14H6ClF3N2O. The van der Waals surface area contributed by atoms with Gasteiger partial charge in [-0.1, -0.05) is 17.7 Å². The summed E-state index contributed by atoms with van der Waals surface area (Å²) in [4.78, 5) is 12.3. The Bertz CT molecular complexity index is 904. The number of fused-ring (bicyclic) bond motifs is 1. The molecule has 106 valence electrons. The van der Waals surface area contributed by atoms with Crippen molar-refractivity contribution in [2.24, 2.45) is 0 Å². The van der Waals surface area contributed by atoms with Crippen molar-refractivity contribution in [3.05, 3.63) is 69.4 Å². The lowest BCUT2D eigenvalue weighted by Gasteiger charge is -2.09. The standard InChI is InChI=1S/C14H6ClF3N2O/c15-9-2-1-3-10(16)13(9)20-14(21)8-5-12(18)11(17)4-7(8)6-19-20/h1-6H. The van der Waals surface area contributed by atoms with Crippen molar-refractivity contribution in [1.29, 1.82) is 0 Å². The topological polar surface area (TPSA) is 34.9 Å². The summed E-state index contributed by atoms with van der Waals surface area (Å²) in [7, 11) is 0. The van der Waals surface area contributed by atoms with E-state index in [1.165, 1.54) is 12.1 Å². The van der Waals surface area contributed by atoms with Gasteiger partial charge in [0.15, 0.2) is 17.5 Å². The summed E-state index contributed by atoms with van der Waals surface area (Å²) in [5, 5.41) is 3.73. The van der Waals surface area contributed by atoms with Crippen molar-refractivity contribution < 1.29 is 13.2 Å². The Balaban J connectivity index is 2.38. The number of nitrogens with zero attached hydrogens (tertiary/aromatic N) is 2. The number of halogens is 4. The first-order valence-corrected chi connectivity index (χ1v) is 6.18. The van der Waals surface area contributed by atoms with Crippen molar-refractivity contribution in [2.45, 2.75) is 0 Å². The molecule has 0 atom stereocenters. The Morgan fingerprint density at radius 1 is 1.05 bits per heavy atom. The van der Waals surface area contributed by atoms with Gasteiger partial charge in [-0.2, -0.15) is 9.78 Å². The van der Waals surface area contributed by atoms with Gasteiger partial charge >= 0.3 is 0 Å². The highest BCUT2D eigenvalue weighted by molar-refractivity contribution is 6.32. The summed E-state index contributed by atoms with van der Waals surface area (Å²) >= 11 is 5.87. The molecule has 3 rings (SSSR count). The summed E-state index contributed by atoms with van der Waals surface area (Å²) in [5.74, 6) is -3.01. The van der Waals surface area contributed by atoms with Gasteiger partial charge < -0.3 is 0 Å². The first-order chi connectivity index (χ1) is 9.99. The molecular weight excluding hydrogens is 305 g/mol. The molecule has 0 aliphatic rings. The van der Waals surface area contributed by atoms with Crippen LogP contribution < -0.4 is 5.56 Å². The van der Waals surface area contributed by atoms with Gasteiger partial charge in [-0.15, -0.1) is 0 Å². The molecule has 1 heterocycles. The molecule has 0 amide bonds. The van der Waals surface area contributed by atoms with Gasteiger partial charge in [-0.3, -0.25) is 4.79 Å². The van der Waals surface area contributed by atoms with E-state index in [1.807, 2.05) is 0 Å². The normalized spacial score (nSPS) is 11.0. The predicted molar refractivity (Wildman–Crippen MR) is 72.2 cm³/mol. The van der Waals surface area contributed by atoms with Gasteiger partial charge in [-0.05, 0) is 24.3 Å². The first-order valence-electron chi connectivity index (χ1n) is 5.80. The zero-order chi connectivity index (χ0) is 15.1. The molecule has 3 nitrogen and oxygen atoms in total. The molecule has 0 fully saturated rings. The van der Waals surface area contributed by atoms with E-state index in [2.05, 4.69) is 5.10 Å². The quantitative estimate of drug-likeness (QED) is 0.690. The molecule has 0 aliphatic carbocycles. The lowest BCUT2D eigenvalue weighted by molar-refractivity contribution is 0.510. The van der Waals surface area contributed by atoms with E-state index in [0.717, 1.165) is 29.1 Å². The second kappa shape index (κ2) is 4.89. The van der Waals surface area contributed by atoms with E-state index in [9.17, 15) is 18.0 Å². The monoisotopic (exact) mass is 310 g/mol. The summed E-state index contributed by atoms with van der Waals surface area (Å²) < 4.78 is 41.0. The average Bonchev–Trinajstić information content (AvgIpc) is 2.43. The first kappa shape index (κ1) is 13.6. The Kier molecular flexibility index (Phi) is 3.17. The number of aromatic nitrogens is 2. The highest BCUT2D eigenvalue weighted by Crippen LogP contribution is 2.22. The van der Waals surface area contributed by atoms with Crippen LogP contribution in [0.15, 0.2) is 41.3 Å². The van der Waals surface area contributed by atoms with Crippen LogP contribution in [0.1, 0.15) is 0 Å². The molecule has 0 unspecified atom stereocenters. The van der Waals surface area contributed by atoms with E-state index in [-0.39, 0.29) is 21.5 Å². The van der Waals surface area contributed by atoms with Crippen LogP contribution in [-0.4, -0.2) is 9.78 Å². The number of hydrogen-bond acceptors (Lipinski definition) is 2. The van der Waals surface area contributed by atoms with Gasteiger partial charge in [0.25, 0.3) is 5.56 Å². The van der Waals surface area contributed by atoms with Crippen LogP contribution in [0.5, 0.6) is 0 Å². The minimum Gasteiger partial charge on any atom is -0.267 e. The van der Waals surface area contributed by atoms with Crippen LogP contribution >= 0.6 is 11.6 Å². The largest absolute Gasteiger partial charge is 0.279 e. The number of para-hydroxylation sites is 1. The smallest absolute Gasteiger partial charge is 0.267 e. The molecule has 2 aromatic carbocycles. The van der Waals surface area contributed by atoms with E-state index in [0.29, 0.717) is 0 Å². The zero-order valence-corrected chi connectivity index (χ0v) is 11.0. The van der Waals surface area contributed by atoms with E-state index < -0.39 is 23.0 Å². The lowest BCUT2D eigenvalue weighted by atomic mass is 10.2. The van der Waals surface area contributed by atoms with Gasteiger partial charge in [0, 0.05) is 5.39 Å². The zero-order valence-electron chi connectivity index (χ0n) is 10.3. The second-order valence-electron chi connectivity index (χ2n) is 4.29. The number of benzene rings is 2. The minimum absolute atomic E-state index is 0.0217. The molecule has 0 saturated heterocycles. The van der Waals surface area contributed by atoms with E-state index >= 15 is 0 Å². The van der Waals surface area contributed by atoms with Crippen LogP contribution in [-0.2, 0) is 0 Å². The van der Waals surface area contributed by atoms with Crippen LogP contribution in [0.25, 0.3) is 16.5 Å². The molecule has 1 aromatic heterocycles. The second-order valence-corrected chi connectivity index (χ2v) is 4.69. The van der Waals surface area contributed by atoms with Crippen molar-refractivity contribution in [1.82, 2.24) is 9.78 Å². The Labute approximate surface area is 121 Å². The highest BCUT2D eigenvalue weighted by atomic mass is 35.5. The molecule has 0 aliphatic heterocycles. The van der Waals surface area contributed by atoms with Crippen LogP contribution in [0.2, 0.25) is 5.02 Å². The SMILES string of the molecule is O=c1c2cc(F)c(F)cc2cnn1-c1c(F)cccc1Cl. The molecule has 0 radical (unpaired) electrons. The Morgan fingerprint density at radius 2 is 1.76 bits per heavy atom. The molecule has 0 saturated carbocycles. The van der Waals surface area contributed by atoms with E-state index in [4.69, 9.17) is 11.6 Å². The van der Waals surface area contributed by atoms with Gasteiger partial charge in [0.1, 0.15) is 5.69 Å². The van der Waals surface area contributed by atoms with Gasteiger partial charge in [-0.25, -0.2) is 13.2 Å². The Hall–Kier alpha value is -2.34. The molecule has 0 spiro atoms. The maximum atomic E-state index is 13.8. The van der Waals surface area contributed by atoms with Crippen molar-refractivity contribution in [3.63, 3.8) is 0 Å². The molecule has 7 heteroatoms. The maximum Gasteiger partial charge on any atom is 0.279 e.